The molecule has 0 atom stereocenters. The molecule has 1 saturated heterocycles. The van der Waals surface area contributed by atoms with E-state index in [1.807, 2.05) is 29.2 Å². The van der Waals surface area contributed by atoms with E-state index in [1.54, 1.807) is 0 Å². The molecule has 2 fully saturated rings. The van der Waals surface area contributed by atoms with Gasteiger partial charge in [0.1, 0.15) is 6.61 Å². The normalized spacial score (nSPS) is 23.3. The van der Waals surface area contributed by atoms with Crippen LogP contribution in [-0.4, -0.2) is 29.9 Å². The summed E-state index contributed by atoms with van der Waals surface area (Å²) in [5.41, 5.74) is 1.97. The zero-order chi connectivity index (χ0) is 19.4. The first-order chi connectivity index (χ1) is 12.8. The average Bonchev–Trinajstić information content (AvgIpc) is 3.20. The van der Waals surface area contributed by atoms with Crippen molar-refractivity contribution in [1.29, 1.82) is 0 Å². The van der Waals surface area contributed by atoms with Gasteiger partial charge in [-0.1, -0.05) is 32.9 Å². The molecular weight excluding hydrogens is 338 g/mol. The van der Waals surface area contributed by atoms with E-state index in [1.165, 1.54) is 0 Å². The average molecular weight is 372 g/mol. The summed E-state index contributed by atoms with van der Waals surface area (Å²) < 4.78 is 5.55. The van der Waals surface area contributed by atoms with Crippen LogP contribution in [0.3, 0.4) is 0 Å². The molecule has 3 rings (SSSR count). The van der Waals surface area contributed by atoms with Crippen LogP contribution in [0, 0.1) is 17.3 Å². The number of hydrogen-bond acceptors (Lipinski definition) is 3. The van der Waals surface area contributed by atoms with Crippen LogP contribution in [0.25, 0.3) is 0 Å². The minimum atomic E-state index is -0.0698. The van der Waals surface area contributed by atoms with Crippen LogP contribution < -0.4 is 0 Å². The van der Waals surface area contributed by atoms with Gasteiger partial charge in [0.15, 0.2) is 0 Å². The second kappa shape index (κ2) is 8.45. The van der Waals surface area contributed by atoms with Crippen LogP contribution in [-0.2, 0) is 16.1 Å². The molecule has 1 aromatic carbocycles. The molecule has 0 spiro atoms. The lowest BCUT2D eigenvalue weighted by Crippen LogP contribution is -2.29. The number of hydrogen-bond donors (Lipinski definition) is 0. The van der Waals surface area contributed by atoms with Gasteiger partial charge in [-0.3, -0.25) is 9.59 Å². The maximum atomic E-state index is 12.4. The van der Waals surface area contributed by atoms with Crippen molar-refractivity contribution in [3.63, 3.8) is 0 Å². The summed E-state index contributed by atoms with van der Waals surface area (Å²) in [6.07, 6.45) is 6.27. The number of nitrogens with zero attached hydrogens (tertiary/aromatic N) is 1. The highest BCUT2D eigenvalue weighted by molar-refractivity contribution is 5.94. The van der Waals surface area contributed by atoms with Crippen molar-refractivity contribution in [2.45, 2.75) is 65.9 Å². The van der Waals surface area contributed by atoms with E-state index in [-0.39, 0.29) is 24.4 Å². The number of benzene rings is 1. The van der Waals surface area contributed by atoms with Crippen LogP contribution in [0.2, 0.25) is 0 Å². The largest absolute Gasteiger partial charge is 0.461 e. The third kappa shape index (κ3) is 5.12. The zero-order valence-electron chi connectivity index (χ0n) is 17.0. The Bertz CT molecular complexity index is 645. The molecule has 148 valence electrons. The number of carbonyl (C=O) groups excluding carboxylic acids is 2. The Balaban J connectivity index is 1.46. The summed E-state index contributed by atoms with van der Waals surface area (Å²) in [5.74, 6) is 0.771. The summed E-state index contributed by atoms with van der Waals surface area (Å²) >= 11 is 0. The fraction of sp³-hybridized carbons (Fsp3) is 0.652. The van der Waals surface area contributed by atoms with Gasteiger partial charge in [-0.05, 0) is 67.6 Å². The molecule has 0 unspecified atom stereocenters. The fourth-order valence-electron chi connectivity index (χ4n) is 4.31. The van der Waals surface area contributed by atoms with Crippen molar-refractivity contribution in [2.75, 3.05) is 13.1 Å². The lowest BCUT2D eigenvalue weighted by Gasteiger charge is -2.36. The number of amides is 1. The van der Waals surface area contributed by atoms with Gasteiger partial charge in [0.2, 0.25) is 0 Å². The molecule has 2 aliphatic rings. The highest BCUT2D eigenvalue weighted by Gasteiger charge is 2.33. The minimum absolute atomic E-state index is 0.0413. The van der Waals surface area contributed by atoms with E-state index in [0.717, 1.165) is 57.2 Å². The van der Waals surface area contributed by atoms with Gasteiger partial charge >= 0.3 is 5.97 Å². The van der Waals surface area contributed by atoms with Gasteiger partial charge in [0.05, 0.1) is 5.92 Å². The molecule has 0 radical (unpaired) electrons. The van der Waals surface area contributed by atoms with Crippen LogP contribution in [0.4, 0.5) is 0 Å². The van der Waals surface area contributed by atoms with Crippen LogP contribution in [0.1, 0.15) is 75.2 Å². The molecule has 1 aliphatic heterocycles. The molecule has 4 nitrogen and oxygen atoms in total. The predicted molar refractivity (Wildman–Crippen MR) is 106 cm³/mol. The third-order valence-electron chi connectivity index (χ3n) is 6.26. The van der Waals surface area contributed by atoms with E-state index < -0.39 is 0 Å². The zero-order valence-corrected chi connectivity index (χ0v) is 17.0. The number of likely N-dealkylation sites (tertiary alicyclic amines) is 1. The number of carbonyl (C=O) groups is 2. The monoisotopic (exact) mass is 371 g/mol. The molecule has 0 aromatic heterocycles. The number of rotatable bonds is 4. The highest BCUT2D eigenvalue weighted by atomic mass is 16.5. The van der Waals surface area contributed by atoms with E-state index >= 15 is 0 Å². The Morgan fingerprint density at radius 1 is 1.00 bits per heavy atom. The van der Waals surface area contributed by atoms with Crippen molar-refractivity contribution in [1.82, 2.24) is 4.90 Å². The Hall–Kier alpha value is -1.84. The first kappa shape index (κ1) is 19.9. The maximum absolute atomic E-state index is 12.4. The summed E-state index contributed by atoms with van der Waals surface area (Å²) in [5, 5.41) is 0. The van der Waals surface area contributed by atoms with E-state index in [4.69, 9.17) is 4.74 Å². The van der Waals surface area contributed by atoms with Gasteiger partial charge in [-0.2, -0.15) is 0 Å². The Kier molecular flexibility index (Phi) is 6.23. The van der Waals surface area contributed by atoms with E-state index in [2.05, 4.69) is 20.8 Å². The Labute approximate surface area is 163 Å². The van der Waals surface area contributed by atoms with Crippen molar-refractivity contribution in [3.8, 4) is 0 Å². The molecule has 1 heterocycles. The van der Waals surface area contributed by atoms with Gasteiger partial charge in [0, 0.05) is 18.7 Å². The van der Waals surface area contributed by atoms with Crippen molar-refractivity contribution in [2.24, 2.45) is 17.3 Å². The van der Waals surface area contributed by atoms with Crippen LogP contribution >= 0.6 is 0 Å². The second-order valence-corrected chi connectivity index (χ2v) is 9.22. The first-order valence-corrected chi connectivity index (χ1v) is 10.4. The molecule has 1 amide bonds. The third-order valence-corrected chi connectivity index (χ3v) is 6.26. The van der Waals surface area contributed by atoms with E-state index in [0.29, 0.717) is 16.9 Å². The van der Waals surface area contributed by atoms with Gasteiger partial charge in [-0.15, -0.1) is 0 Å². The summed E-state index contributed by atoms with van der Waals surface area (Å²) in [6.45, 7) is 8.86. The standard InChI is InChI=1S/C23H33NO3/c1-23(2,3)20-12-10-19(11-13-20)22(26)27-16-17-6-8-18(9-7-17)21(25)24-14-4-5-15-24/h6-9,19-20H,4-5,10-16H2,1-3H3. The van der Waals surface area contributed by atoms with E-state index in [9.17, 15) is 9.59 Å². The van der Waals surface area contributed by atoms with Crippen LogP contribution in [0.5, 0.6) is 0 Å². The first-order valence-electron chi connectivity index (χ1n) is 10.4. The number of esters is 1. The maximum Gasteiger partial charge on any atom is 0.309 e. The van der Waals surface area contributed by atoms with Gasteiger partial charge in [0.25, 0.3) is 5.91 Å². The minimum Gasteiger partial charge on any atom is -0.461 e. The molecular formula is C23H33NO3. The highest BCUT2D eigenvalue weighted by Crippen LogP contribution is 2.40. The summed E-state index contributed by atoms with van der Waals surface area (Å²) in [4.78, 5) is 26.7. The molecule has 1 aliphatic carbocycles. The SMILES string of the molecule is CC(C)(C)C1CCC(C(=O)OCc2ccc(C(=O)N3CCCC3)cc2)CC1. The predicted octanol–water partition coefficient (Wildman–Crippen LogP) is 4.82. The molecule has 4 heteroatoms. The Morgan fingerprint density at radius 3 is 2.15 bits per heavy atom. The summed E-state index contributed by atoms with van der Waals surface area (Å²) in [7, 11) is 0. The quantitative estimate of drug-likeness (QED) is 0.713. The van der Waals surface area contributed by atoms with Crippen LogP contribution in [0.15, 0.2) is 24.3 Å². The lowest BCUT2D eigenvalue weighted by atomic mass is 9.70. The number of ether oxygens (including phenoxy) is 1. The van der Waals surface area contributed by atoms with Crippen molar-refractivity contribution in [3.05, 3.63) is 35.4 Å². The topological polar surface area (TPSA) is 46.6 Å². The van der Waals surface area contributed by atoms with Crippen molar-refractivity contribution >= 4 is 11.9 Å². The molecule has 0 bridgehead atoms. The molecule has 1 saturated carbocycles. The fourth-order valence-corrected chi connectivity index (χ4v) is 4.31. The van der Waals surface area contributed by atoms with Gasteiger partial charge in [-0.25, -0.2) is 0 Å². The van der Waals surface area contributed by atoms with Crippen molar-refractivity contribution < 1.29 is 14.3 Å². The summed E-state index contributed by atoms with van der Waals surface area (Å²) in [6, 6.07) is 7.48. The lowest BCUT2D eigenvalue weighted by molar-refractivity contribution is -0.151. The van der Waals surface area contributed by atoms with Gasteiger partial charge < -0.3 is 9.64 Å². The molecule has 0 N–H and O–H groups in total. The Morgan fingerprint density at radius 2 is 1.59 bits per heavy atom. The smallest absolute Gasteiger partial charge is 0.309 e. The second-order valence-electron chi connectivity index (χ2n) is 9.22. The molecule has 27 heavy (non-hydrogen) atoms. The molecule has 1 aromatic rings.